The number of amides is 1. The van der Waals surface area contributed by atoms with Crippen molar-refractivity contribution < 1.29 is 18.3 Å². The van der Waals surface area contributed by atoms with Crippen LogP contribution in [0.15, 0.2) is 72.8 Å². The first kappa shape index (κ1) is 24.0. The molecule has 0 bridgehead atoms. The van der Waals surface area contributed by atoms with Crippen LogP contribution in [0.5, 0.6) is 0 Å². The number of carbonyl (C=O) groups is 1. The summed E-state index contributed by atoms with van der Waals surface area (Å²) in [6.45, 7) is 4.66. The number of fused-ring (bicyclic) bond motifs is 1. The van der Waals surface area contributed by atoms with Crippen molar-refractivity contribution in [1.82, 2.24) is 14.9 Å². The molecule has 1 saturated heterocycles. The largest absolute Gasteiger partial charge is 0.379 e. The summed E-state index contributed by atoms with van der Waals surface area (Å²) >= 11 is 0. The van der Waals surface area contributed by atoms with E-state index < -0.39 is 5.92 Å². The third kappa shape index (κ3) is 5.40. The van der Waals surface area contributed by atoms with E-state index in [0.29, 0.717) is 47.9 Å². The van der Waals surface area contributed by atoms with Crippen LogP contribution in [0.2, 0.25) is 0 Å². The van der Waals surface area contributed by atoms with Crippen molar-refractivity contribution in [2.75, 3.05) is 31.6 Å². The molecule has 0 atom stereocenters. The summed E-state index contributed by atoms with van der Waals surface area (Å²) in [6, 6.07) is 20.7. The lowest BCUT2D eigenvalue weighted by Gasteiger charge is -2.26. The Bertz CT molecular complexity index is 1400. The molecular formula is C28H26F2N4O2. The summed E-state index contributed by atoms with van der Waals surface area (Å²) in [7, 11) is 0. The summed E-state index contributed by atoms with van der Waals surface area (Å²) in [6.07, 6.45) is 0. The van der Waals surface area contributed by atoms with Crippen molar-refractivity contribution in [3.05, 3.63) is 89.6 Å². The average Bonchev–Trinajstić information content (AvgIpc) is 2.88. The number of aromatic nitrogens is 2. The Morgan fingerprint density at radius 1 is 1.00 bits per heavy atom. The van der Waals surface area contributed by atoms with Gasteiger partial charge in [0.15, 0.2) is 0 Å². The zero-order valence-electron chi connectivity index (χ0n) is 19.9. The van der Waals surface area contributed by atoms with E-state index in [2.05, 4.69) is 20.2 Å². The van der Waals surface area contributed by atoms with E-state index in [1.165, 1.54) is 12.1 Å². The minimum Gasteiger partial charge on any atom is -0.379 e. The fourth-order valence-corrected chi connectivity index (χ4v) is 4.25. The van der Waals surface area contributed by atoms with E-state index >= 15 is 0 Å². The van der Waals surface area contributed by atoms with Gasteiger partial charge >= 0.3 is 0 Å². The fourth-order valence-electron chi connectivity index (χ4n) is 4.25. The maximum Gasteiger partial charge on any atom is 0.270 e. The van der Waals surface area contributed by atoms with E-state index in [4.69, 9.17) is 4.74 Å². The van der Waals surface area contributed by atoms with Gasteiger partial charge in [0.1, 0.15) is 5.82 Å². The lowest BCUT2D eigenvalue weighted by Crippen LogP contribution is -2.35. The number of benzene rings is 2. The number of rotatable bonds is 6. The number of alkyl halides is 2. The predicted molar refractivity (Wildman–Crippen MR) is 135 cm³/mol. The molecule has 1 N–H and O–H groups in total. The first-order chi connectivity index (χ1) is 17.4. The highest BCUT2D eigenvalue weighted by molar-refractivity contribution is 6.11. The highest BCUT2D eigenvalue weighted by Crippen LogP contribution is 2.31. The Balaban J connectivity index is 1.41. The number of anilines is 1. The quantitative estimate of drug-likeness (QED) is 0.389. The van der Waals surface area contributed by atoms with Gasteiger partial charge in [-0.2, -0.15) is 0 Å². The number of halogens is 2. The molecule has 4 aromatic rings. The molecule has 1 amide bonds. The summed E-state index contributed by atoms with van der Waals surface area (Å²) in [5.74, 6) is -2.84. The van der Waals surface area contributed by atoms with E-state index in [-0.39, 0.29) is 11.5 Å². The van der Waals surface area contributed by atoms with Crippen LogP contribution in [-0.2, 0) is 17.2 Å². The Labute approximate surface area is 207 Å². The number of nitrogens with one attached hydrogen (secondary N) is 1. The van der Waals surface area contributed by atoms with Crippen molar-refractivity contribution in [3.8, 4) is 11.3 Å². The molecule has 0 unspecified atom stereocenters. The smallest absolute Gasteiger partial charge is 0.270 e. The van der Waals surface area contributed by atoms with Gasteiger partial charge in [-0.25, -0.2) is 18.7 Å². The normalized spacial score (nSPS) is 14.6. The fraction of sp³-hybridized carbons (Fsp3) is 0.250. The summed E-state index contributed by atoms with van der Waals surface area (Å²) in [5.41, 5.74) is 2.72. The summed E-state index contributed by atoms with van der Waals surface area (Å²) < 4.78 is 33.1. The molecule has 2 aromatic carbocycles. The van der Waals surface area contributed by atoms with Crippen molar-refractivity contribution in [1.29, 1.82) is 0 Å². The first-order valence-corrected chi connectivity index (χ1v) is 11.8. The summed E-state index contributed by atoms with van der Waals surface area (Å²) in [5, 5.41) is 3.66. The molecule has 0 spiro atoms. The van der Waals surface area contributed by atoms with Crippen molar-refractivity contribution in [2.24, 2.45) is 0 Å². The first-order valence-electron chi connectivity index (χ1n) is 11.8. The van der Waals surface area contributed by atoms with Crippen LogP contribution in [0.25, 0.3) is 22.2 Å². The molecule has 36 heavy (non-hydrogen) atoms. The van der Waals surface area contributed by atoms with Gasteiger partial charge in [-0.1, -0.05) is 42.5 Å². The van der Waals surface area contributed by atoms with E-state index in [1.807, 2.05) is 24.3 Å². The maximum absolute atomic E-state index is 13.9. The Kier molecular flexibility index (Phi) is 6.71. The van der Waals surface area contributed by atoms with E-state index in [0.717, 1.165) is 31.1 Å². The minimum absolute atomic E-state index is 0.0871. The molecular weight excluding hydrogens is 462 g/mol. The lowest BCUT2D eigenvalue weighted by molar-refractivity contribution is 0.0175. The van der Waals surface area contributed by atoms with Gasteiger partial charge in [-0.15, -0.1) is 0 Å². The van der Waals surface area contributed by atoms with E-state index in [1.54, 1.807) is 36.4 Å². The highest BCUT2D eigenvalue weighted by Gasteiger charge is 2.24. The molecule has 8 heteroatoms. The van der Waals surface area contributed by atoms with E-state index in [9.17, 15) is 13.6 Å². The molecule has 1 aliphatic rings. The van der Waals surface area contributed by atoms with Crippen molar-refractivity contribution in [3.63, 3.8) is 0 Å². The number of para-hydroxylation sites is 1. The zero-order valence-corrected chi connectivity index (χ0v) is 19.9. The van der Waals surface area contributed by atoms with Crippen LogP contribution in [0.1, 0.15) is 28.5 Å². The van der Waals surface area contributed by atoms with Gasteiger partial charge in [0.2, 0.25) is 0 Å². The molecule has 0 radical (unpaired) electrons. The molecule has 2 aromatic heterocycles. The highest BCUT2D eigenvalue weighted by atomic mass is 19.3. The van der Waals surface area contributed by atoms with Crippen LogP contribution in [0.3, 0.4) is 0 Å². The van der Waals surface area contributed by atoms with Crippen LogP contribution < -0.4 is 5.32 Å². The van der Waals surface area contributed by atoms with Crippen molar-refractivity contribution >= 4 is 22.6 Å². The Morgan fingerprint density at radius 3 is 2.58 bits per heavy atom. The number of pyridine rings is 2. The van der Waals surface area contributed by atoms with Crippen molar-refractivity contribution in [2.45, 2.75) is 19.4 Å². The van der Waals surface area contributed by atoms with Gasteiger partial charge in [-0.3, -0.25) is 9.69 Å². The van der Waals surface area contributed by atoms with Gasteiger partial charge < -0.3 is 10.1 Å². The second-order valence-corrected chi connectivity index (χ2v) is 8.90. The number of nitrogens with zero attached hydrogens (tertiary/aromatic N) is 3. The molecule has 6 nitrogen and oxygen atoms in total. The maximum atomic E-state index is 13.9. The van der Waals surface area contributed by atoms with Gasteiger partial charge in [-0.05, 0) is 30.3 Å². The zero-order chi connectivity index (χ0) is 25.1. The number of ether oxygens (including phenoxy) is 1. The molecule has 5 rings (SSSR count). The third-order valence-electron chi connectivity index (χ3n) is 6.17. The molecule has 0 saturated carbocycles. The summed E-state index contributed by atoms with van der Waals surface area (Å²) in [4.78, 5) is 24.8. The predicted octanol–water partition coefficient (Wildman–Crippen LogP) is 5.49. The van der Waals surface area contributed by atoms with Crippen LogP contribution in [-0.4, -0.2) is 47.1 Å². The molecule has 1 aliphatic heterocycles. The topological polar surface area (TPSA) is 67.4 Å². The SMILES string of the molecule is CC(F)(F)c1cccc(-c2ccc3cccc(C(=O)Nc4cccc(CN5CCOCC5)n4)c3n2)c1. The number of carbonyl (C=O) groups excluding carboxylic acids is 1. The van der Waals surface area contributed by atoms with Gasteiger partial charge in [0.25, 0.3) is 11.8 Å². The molecule has 3 heterocycles. The average molecular weight is 489 g/mol. The number of morpholine rings is 1. The lowest BCUT2D eigenvalue weighted by atomic mass is 10.0. The van der Waals surface area contributed by atoms with Crippen LogP contribution in [0, 0.1) is 0 Å². The second-order valence-electron chi connectivity index (χ2n) is 8.90. The van der Waals surface area contributed by atoms with Crippen LogP contribution in [0.4, 0.5) is 14.6 Å². The number of hydrogen-bond acceptors (Lipinski definition) is 5. The molecule has 184 valence electrons. The monoisotopic (exact) mass is 488 g/mol. The van der Waals surface area contributed by atoms with Gasteiger partial charge in [0.05, 0.1) is 35.7 Å². The standard InChI is InChI=1S/C28H26F2N4O2/c1-28(29,30)21-7-2-6-20(17-21)24-12-11-19-5-3-9-23(26(19)32-24)27(35)33-25-10-4-8-22(31-25)18-34-13-15-36-16-14-34/h2-12,17H,13-16,18H2,1H3,(H,31,33,35). The minimum atomic E-state index is -2.96. The van der Waals surface area contributed by atoms with Gasteiger partial charge in [0, 0.05) is 43.1 Å². The molecule has 0 aliphatic carbocycles. The Morgan fingerprint density at radius 2 is 1.78 bits per heavy atom. The Hall–Kier alpha value is -3.75. The van der Waals surface area contributed by atoms with Crippen LogP contribution >= 0.6 is 0 Å². The number of hydrogen-bond donors (Lipinski definition) is 1. The third-order valence-corrected chi connectivity index (χ3v) is 6.17. The molecule has 1 fully saturated rings. The second kappa shape index (κ2) is 10.1.